The number of alkyl halides is 3. The quantitative estimate of drug-likeness (QED) is 0.283. The van der Waals surface area contributed by atoms with Crippen molar-refractivity contribution in [2.45, 2.75) is 64.6 Å². The summed E-state index contributed by atoms with van der Waals surface area (Å²) < 4.78 is 37.8. The molecule has 7 heteroatoms. The number of hydrogen-bond acceptors (Lipinski definition) is 3. The van der Waals surface area contributed by atoms with Crippen LogP contribution >= 0.6 is 0 Å². The van der Waals surface area contributed by atoms with Crippen LogP contribution in [0.15, 0.2) is 42.5 Å². The lowest BCUT2D eigenvalue weighted by atomic mass is 10.1. The van der Waals surface area contributed by atoms with Crippen LogP contribution in [0.3, 0.4) is 0 Å². The van der Waals surface area contributed by atoms with Gasteiger partial charge in [0, 0.05) is 18.7 Å². The monoisotopic (exact) mass is 421 g/mol. The molecule has 0 spiro atoms. The number of rotatable bonds is 11. The van der Waals surface area contributed by atoms with Crippen molar-refractivity contribution in [3.05, 3.63) is 53.6 Å². The average molecular weight is 422 g/mol. The summed E-state index contributed by atoms with van der Waals surface area (Å²) in [6, 6.07) is 10.2. The minimum absolute atomic E-state index is 0.0531. The van der Waals surface area contributed by atoms with E-state index in [1.165, 1.54) is 31.4 Å². The summed E-state index contributed by atoms with van der Waals surface area (Å²) >= 11 is 0. The maximum Gasteiger partial charge on any atom is 0.416 e. The van der Waals surface area contributed by atoms with Gasteiger partial charge in [0.15, 0.2) is 0 Å². The number of anilines is 3. The molecule has 0 heterocycles. The molecule has 0 fully saturated rings. The molecule has 0 unspecified atom stereocenters. The molecule has 0 bridgehead atoms. The molecule has 1 amide bonds. The van der Waals surface area contributed by atoms with E-state index in [1.54, 1.807) is 18.2 Å². The maximum atomic E-state index is 12.6. The van der Waals surface area contributed by atoms with Crippen LogP contribution in [-0.4, -0.2) is 5.91 Å². The largest absolute Gasteiger partial charge is 0.416 e. The van der Waals surface area contributed by atoms with E-state index in [9.17, 15) is 18.0 Å². The van der Waals surface area contributed by atoms with Crippen LogP contribution in [0.5, 0.6) is 0 Å². The van der Waals surface area contributed by atoms with Gasteiger partial charge < -0.3 is 16.4 Å². The normalized spacial score (nSPS) is 11.3. The molecular weight excluding hydrogens is 391 g/mol. The van der Waals surface area contributed by atoms with E-state index in [-0.39, 0.29) is 5.91 Å². The van der Waals surface area contributed by atoms with Crippen LogP contribution in [-0.2, 0) is 17.5 Å². The minimum atomic E-state index is -4.34. The summed E-state index contributed by atoms with van der Waals surface area (Å²) in [6.45, 7) is 2.54. The number of benzene rings is 2. The van der Waals surface area contributed by atoms with E-state index in [4.69, 9.17) is 5.73 Å². The zero-order chi connectivity index (χ0) is 22.0. The Hall–Kier alpha value is -2.70. The fourth-order valence-corrected chi connectivity index (χ4v) is 3.08. The van der Waals surface area contributed by atoms with Crippen molar-refractivity contribution >= 4 is 23.0 Å². The van der Waals surface area contributed by atoms with Crippen LogP contribution in [0.1, 0.15) is 63.0 Å². The van der Waals surface area contributed by atoms with Gasteiger partial charge in [0.05, 0.1) is 16.9 Å². The highest BCUT2D eigenvalue weighted by Crippen LogP contribution is 2.29. The second-order valence-corrected chi connectivity index (χ2v) is 7.42. The Morgan fingerprint density at radius 3 is 2.27 bits per heavy atom. The van der Waals surface area contributed by atoms with Gasteiger partial charge in [-0.3, -0.25) is 4.79 Å². The molecule has 0 saturated carbocycles. The Morgan fingerprint density at radius 2 is 1.63 bits per heavy atom. The molecular formula is C23H30F3N3O. The Labute approximate surface area is 176 Å². The molecule has 2 rings (SSSR count). The molecule has 0 atom stereocenters. The van der Waals surface area contributed by atoms with Crippen molar-refractivity contribution in [1.82, 2.24) is 0 Å². The van der Waals surface area contributed by atoms with Crippen molar-refractivity contribution in [3.8, 4) is 0 Å². The average Bonchev–Trinajstić information content (AvgIpc) is 2.70. The first-order valence-corrected chi connectivity index (χ1v) is 10.4. The SMILES string of the molecule is CCCCCCCCC(=O)Nc1ccc(NCc2ccc(C(F)(F)F)cc2)cc1N. The molecule has 0 aliphatic carbocycles. The van der Waals surface area contributed by atoms with Gasteiger partial charge in [-0.2, -0.15) is 13.2 Å². The van der Waals surface area contributed by atoms with Gasteiger partial charge in [-0.25, -0.2) is 0 Å². The topological polar surface area (TPSA) is 67.2 Å². The Balaban J connectivity index is 1.80. The van der Waals surface area contributed by atoms with Crippen molar-refractivity contribution in [3.63, 3.8) is 0 Å². The third-order valence-corrected chi connectivity index (χ3v) is 4.86. The fraction of sp³-hybridized carbons (Fsp3) is 0.435. The molecule has 0 saturated heterocycles. The molecule has 0 aliphatic rings. The van der Waals surface area contributed by atoms with Gasteiger partial charge in [0.1, 0.15) is 0 Å². The molecule has 30 heavy (non-hydrogen) atoms. The summed E-state index contributed by atoms with van der Waals surface area (Å²) in [5.74, 6) is -0.0531. The molecule has 4 nitrogen and oxygen atoms in total. The Morgan fingerprint density at radius 1 is 0.967 bits per heavy atom. The highest BCUT2D eigenvalue weighted by atomic mass is 19.4. The van der Waals surface area contributed by atoms with Crippen LogP contribution in [0.4, 0.5) is 30.2 Å². The lowest BCUT2D eigenvalue weighted by Gasteiger charge is -2.12. The fourth-order valence-electron chi connectivity index (χ4n) is 3.08. The first-order chi connectivity index (χ1) is 14.3. The Bertz CT molecular complexity index is 804. The van der Waals surface area contributed by atoms with Gasteiger partial charge in [-0.15, -0.1) is 0 Å². The van der Waals surface area contributed by atoms with Crippen molar-refractivity contribution in [2.24, 2.45) is 0 Å². The standard InChI is InChI=1S/C23H30F3N3O/c1-2-3-4-5-6-7-8-22(30)29-21-14-13-19(15-20(21)27)28-16-17-9-11-18(12-10-17)23(24,25)26/h9-15,28H,2-8,16,27H2,1H3,(H,29,30). The molecule has 4 N–H and O–H groups in total. The van der Waals surface area contributed by atoms with Gasteiger partial charge >= 0.3 is 6.18 Å². The minimum Gasteiger partial charge on any atom is -0.397 e. The van der Waals surface area contributed by atoms with Gasteiger partial charge in [-0.1, -0.05) is 51.2 Å². The molecule has 2 aromatic rings. The van der Waals surface area contributed by atoms with E-state index < -0.39 is 11.7 Å². The van der Waals surface area contributed by atoms with Gasteiger partial charge in [-0.05, 0) is 42.3 Å². The molecule has 164 valence electrons. The third kappa shape index (κ3) is 7.97. The van der Waals surface area contributed by atoms with E-state index in [1.807, 2.05) is 0 Å². The third-order valence-electron chi connectivity index (χ3n) is 4.86. The van der Waals surface area contributed by atoms with E-state index in [0.717, 1.165) is 42.6 Å². The van der Waals surface area contributed by atoms with Crippen molar-refractivity contribution in [1.29, 1.82) is 0 Å². The zero-order valence-corrected chi connectivity index (χ0v) is 17.3. The first-order valence-electron chi connectivity index (χ1n) is 10.4. The number of carbonyl (C=O) groups excluding carboxylic acids is 1. The van der Waals surface area contributed by atoms with Gasteiger partial charge in [0.2, 0.25) is 5.91 Å². The lowest BCUT2D eigenvalue weighted by molar-refractivity contribution is -0.137. The first kappa shape index (κ1) is 23.6. The van der Waals surface area contributed by atoms with E-state index in [0.29, 0.717) is 24.3 Å². The molecule has 0 aromatic heterocycles. The summed E-state index contributed by atoms with van der Waals surface area (Å²) in [7, 11) is 0. The number of amides is 1. The lowest BCUT2D eigenvalue weighted by Crippen LogP contribution is -2.12. The smallest absolute Gasteiger partial charge is 0.397 e. The summed E-state index contributed by atoms with van der Waals surface area (Å²) in [4.78, 5) is 12.1. The van der Waals surface area contributed by atoms with E-state index in [2.05, 4.69) is 17.6 Å². The predicted octanol–water partition coefficient (Wildman–Crippen LogP) is 6.59. The number of nitrogen functional groups attached to an aromatic ring is 1. The number of hydrogen-bond donors (Lipinski definition) is 3. The molecule has 2 aromatic carbocycles. The maximum absolute atomic E-state index is 12.6. The van der Waals surface area contributed by atoms with Crippen LogP contribution < -0.4 is 16.4 Å². The second-order valence-electron chi connectivity index (χ2n) is 7.42. The number of carbonyl (C=O) groups is 1. The second kappa shape index (κ2) is 11.5. The zero-order valence-electron chi connectivity index (χ0n) is 17.3. The highest BCUT2D eigenvalue weighted by Gasteiger charge is 2.29. The summed E-state index contributed by atoms with van der Waals surface area (Å²) in [6.07, 6.45) is 2.86. The number of halogens is 3. The summed E-state index contributed by atoms with van der Waals surface area (Å²) in [5, 5.41) is 5.96. The van der Waals surface area contributed by atoms with Gasteiger partial charge in [0.25, 0.3) is 0 Å². The van der Waals surface area contributed by atoms with Crippen LogP contribution in [0.25, 0.3) is 0 Å². The number of nitrogens with one attached hydrogen (secondary N) is 2. The van der Waals surface area contributed by atoms with Crippen LogP contribution in [0.2, 0.25) is 0 Å². The summed E-state index contributed by atoms with van der Waals surface area (Å²) in [5.41, 5.74) is 7.81. The van der Waals surface area contributed by atoms with Crippen molar-refractivity contribution in [2.75, 3.05) is 16.4 Å². The number of nitrogens with two attached hydrogens (primary N) is 1. The number of unbranched alkanes of at least 4 members (excludes halogenated alkanes) is 5. The van der Waals surface area contributed by atoms with Crippen molar-refractivity contribution < 1.29 is 18.0 Å². The molecule has 0 aliphatic heterocycles. The molecule has 0 radical (unpaired) electrons. The predicted molar refractivity (Wildman–Crippen MR) is 116 cm³/mol. The van der Waals surface area contributed by atoms with Crippen LogP contribution in [0, 0.1) is 0 Å². The highest BCUT2D eigenvalue weighted by molar-refractivity contribution is 5.94. The van der Waals surface area contributed by atoms with E-state index >= 15 is 0 Å². The Kier molecular flexibility index (Phi) is 9.02.